The molecule has 3 unspecified atom stereocenters. The lowest BCUT2D eigenvalue weighted by molar-refractivity contribution is 0.116. The van der Waals surface area contributed by atoms with Crippen LogP contribution in [0.4, 0.5) is 0 Å². The highest BCUT2D eigenvalue weighted by atomic mass is 16.5. The van der Waals surface area contributed by atoms with E-state index >= 15 is 0 Å². The Morgan fingerprint density at radius 2 is 1.95 bits per heavy atom. The summed E-state index contributed by atoms with van der Waals surface area (Å²) in [6.07, 6.45) is 4.09. The number of hydrogen-bond acceptors (Lipinski definition) is 2. The number of rotatable bonds is 4. The van der Waals surface area contributed by atoms with E-state index in [0.717, 1.165) is 11.7 Å². The van der Waals surface area contributed by atoms with Crippen LogP contribution in [0.5, 0.6) is 5.75 Å². The van der Waals surface area contributed by atoms with E-state index in [9.17, 15) is 0 Å². The number of nitrogens with one attached hydrogen (secondary N) is 1. The molecule has 1 aromatic carbocycles. The van der Waals surface area contributed by atoms with Crippen LogP contribution in [0.25, 0.3) is 0 Å². The molecule has 1 aromatic rings. The van der Waals surface area contributed by atoms with E-state index in [1.165, 1.54) is 24.8 Å². The highest BCUT2D eigenvalue weighted by Gasteiger charge is 2.61. The molecular formula is C19H29NO. The van der Waals surface area contributed by atoms with Gasteiger partial charge >= 0.3 is 0 Å². The third-order valence-corrected chi connectivity index (χ3v) is 6.85. The number of benzene rings is 1. The summed E-state index contributed by atoms with van der Waals surface area (Å²) in [7, 11) is 1.76. The average molecular weight is 287 g/mol. The van der Waals surface area contributed by atoms with Gasteiger partial charge in [0, 0.05) is 17.6 Å². The Bertz CT molecular complexity index is 524. The van der Waals surface area contributed by atoms with Crippen molar-refractivity contribution < 1.29 is 4.74 Å². The maximum Gasteiger partial charge on any atom is 0.123 e. The van der Waals surface area contributed by atoms with E-state index in [0.29, 0.717) is 22.9 Å². The van der Waals surface area contributed by atoms with Crippen molar-refractivity contribution in [3.63, 3.8) is 0 Å². The molecule has 3 rings (SSSR count). The Balaban J connectivity index is 1.79. The zero-order chi connectivity index (χ0) is 15.3. The van der Waals surface area contributed by atoms with Crippen molar-refractivity contribution in [2.75, 3.05) is 7.11 Å². The van der Waals surface area contributed by atoms with E-state index in [1.54, 1.807) is 7.11 Å². The Morgan fingerprint density at radius 3 is 2.52 bits per heavy atom. The predicted molar refractivity (Wildman–Crippen MR) is 87.6 cm³/mol. The van der Waals surface area contributed by atoms with Crippen molar-refractivity contribution in [2.45, 2.75) is 59.0 Å². The molecule has 2 saturated carbocycles. The molecule has 2 heteroatoms. The highest BCUT2D eigenvalue weighted by Crippen LogP contribution is 2.65. The molecule has 2 aliphatic rings. The first-order valence-electron chi connectivity index (χ1n) is 8.29. The topological polar surface area (TPSA) is 21.3 Å². The molecule has 1 N–H and O–H groups in total. The summed E-state index contributed by atoms with van der Waals surface area (Å²) in [6, 6.07) is 9.32. The predicted octanol–water partition coefficient (Wildman–Crippen LogP) is 4.56. The van der Waals surface area contributed by atoms with Crippen molar-refractivity contribution in [1.29, 1.82) is 0 Å². The fraction of sp³-hybridized carbons (Fsp3) is 0.684. The van der Waals surface area contributed by atoms with Crippen LogP contribution in [-0.2, 0) is 0 Å². The normalized spacial score (nSPS) is 34.9. The number of para-hydroxylation sites is 1. The second-order valence-corrected chi connectivity index (χ2v) is 7.79. The summed E-state index contributed by atoms with van der Waals surface area (Å²) in [5, 5.41) is 3.92. The average Bonchev–Trinajstić information content (AvgIpc) is 2.80. The van der Waals surface area contributed by atoms with Gasteiger partial charge in [0.15, 0.2) is 0 Å². The highest BCUT2D eigenvalue weighted by molar-refractivity contribution is 5.35. The van der Waals surface area contributed by atoms with Crippen LogP contribution in [0.1, 0.15) is 58.6 Å². The Labute approximate surface area is 129 Å². The minimum absolute atomic E-state index is 0.332. The molecule has 2 fully saturated rings. The summed E-state index contributed by atoms with van der Waals surface area (Å²) in [5.41, 5.74) is 2.16. The van der Waals surface area contributed by atoms with E-state index in [1.807, 2.05) is 6.07 Å². The van der Waals surface area contributed by atoms with Gasteiger partial charge in [0.1, 0.15) is 5.75 Å². The van der Waals surface area contributed by atoms with Crippen molar-refractivity contribution in [1.82, 2.24) is 5.32 Å². The van der Waals surface area contributed by atoms with Crippen LogP contribution in [0.2, 0.25) is 0 Å². The number of ether oxygens (including phenoxy) is 1. The smallest absolute Gasteiger partial charge is 0.123 e. The lowest BCUT2D eigenvalue weighted by atomic mass is 9.69. The first-order valence-corrected chi connectivity index (χ1v) is 8.29. The summed E-state index contributed by atoms with van der Waals surface area (Å²) in [4.78, 5) is 0. The summed E-state index contributed by atoms with van der Waals surface area (Å²) in [5.74, 6) is 1.87. The molecular weight excluding hydrogens is 258 g/mol. The lowest BCUT2D eigenvalue weighted by Crippen LogP contribution is -2.45. The number of fused-ring (bicyclic) bond motifs is 2. The van der Waals surface area contributed by atoms with Gasteiger partial charge in [0.2, 0.25) is 0 Å². The van der Waals surface area contributed by atoms with Crippen LogP contribution < -0.4 is 10.1 Å². The van der Waals surface area contributed by atoms with Crippen LogP contribution in [0.3, 0.4) is 0 Å². The minimum atomic E-state index is 0.332. The molecule has 0 saturated heterocycles. The first-order chi connectivity index (χ1) is 9.90. The molecule has 0 aromatic heterocycles. The quantitative estimate of drug-likeness (QED) is 0.876. The molecule has 0 radical (unpaired) electrons. The molecule has 0 aliphatic heterocycles. The maximum atomic E-state index is 5.52. The van der Waals surface area contributed by atoms with E-state index in [4.69, 9.17) is 4.74 Å². The van der Waals surface area contributed by atoms with E-state index in [-0.39, 0.29) is 0 Å². The van der Waals surface area contributed by atoms with Gasteiger partial charge in [-0.1, -0.05) is 39.0 Å². The third kappa shape index (κ3) is 2.11. The second-order valence-electron chi connectivity index (χ2n) is 7.79. The monoisotopic (exact) mass is 287 g/mol. The lowest BCUT2D eigenvalue weighted by Gasteiger charge is -2.41. The Kier molecular flexibility index (Phi) is 3.56. The van der Waals surface area contributed by atoms with Gasteiger partial charge in [0.25, 0.3) is 0 Å². The summed E-state index contributed by atoms with van der Waals surface area (Å²) < 4.78 is 5.52. The summed E-state index contributed by atoms with van der Waals surface area (Å²) >= 11 is 0. The first kappa shape index (κ1) is 14.9. The number of hydrogen-bond donors (Lipinski definition) is 1. The van der Waals surface area contributed by atoms with Crippen LogP contribution in [-0.4, -0.2) is 13.2 Å². The van der Waals surface area contributed by atoms with Gasteiger partial charge in [-0.3, -0.25) is 0 Å². The van der Waals surface area contributed by atoms with E-state index < -0.39 is 0 Å². The molecule has 2 bridgehead atoms. The zero-order valence-electron chi connectivity index (χ0n) is 14.1. The van der Waals surface area contributed by atoms with E-state index in [2.05, 4.69) is 51.2 Å². The van der Waals surface area contributed by atoms with Gasteiger partial charge in [-0.15, -0.1) is 0 Å². The zero-order valence-corrected chi connectivity index (χ0v) is 14.1. The fourth-order valence-electron chi connectivity index (χ4n) is 4.87. The number of methoxy groups -OCH3 is 1. The molecule has 2 nitrogen and oxygen atoms in total. The van der Waals surface area contributed by atoms with Crippen LogP contribution >= 0.6 is 0 Å². The molecule has 4 atom stereocenters. The van der Waals surface area contributed by atoms with Crippen LogP contribution in [0.15, 0.2) is 24.3 Å². The Morgan fingerprint density at radius 1 is 1.24 bits per heavy atom. The van der Waals surface area contributed by atoms with Crippen molar-refractivity contribution >= 4 is 0 Å². The largest absolute Gasteiger partial charge is 0.496 e. The molecule has 0 spiro atoms. The molecule has 0 heterocycles. The van der Waals surface area contributed by atoms with Gasteiger partial charge in [-0.2, -0.15) is 0 Å². The summed E-state index contributed by atoms with van der Waals surface area (Å²) in [6.45, 7) is 9.70. The SMILES string of the molecule is COc1ccccc1[C@@H](C)NC1CC2CCC1(C)C2(C)C. The molecule has 2 aliphatic carbocycles. The van der Waals surface area contributed by atoms with Crippen molar-refractivity contribution in [2.24, 2.45) is 16.7 Å². The second kappa shape index (κ2) is 5.01. The fourth-order valence-corrected chi connectivity index (χ4v) is 4.87. The standard InChI is InChI=1S/C19H29NO/c1-13(15-8-6-7-9-16(15)21-5)20-17-12-14-10-11-19(17,4)18(14,2)3/h6-9,13-14,17,20H,10-12H2,1-5H3/t13-,14?,17?,19?/m1/s1. The third-order valence-electron chi connectivity index (χ3n) is 6.85. The van der Waals surface area contributed by atoms with Crippen LogP contribution in [0, 0.1) is 16.7 Å². The van der Waals surface area contributed by atoms with Crippen molar-refractivity contribution in [3.05, 3.63) is 29.8 Å². The van der Waals surface area contributed by atoms with Gasteiger partial charge < -0.3 is 10.1 Å². The molecule has 0 amide bonds. The van der Waals surface area contributed by atoms with Gasteiger partial charge in [-0.05, 0) is 49.0 Å². The maximum absolute atomic E-state index is 5.52. The van der Waals surface area contributed by atoms with Gasteiger partial charge in [-0.25, -0.2) is 0 Å². The minimum Gasteiger partial charge on any atom is -0.496 e. The van der Waals surface area contributed by atoms with Gasteiger partial charge in [0.05, 0.1) is 7.11 Å². The molecule has 21 heavy (non-hydrogen) atoms. The Hall–Kier alpha value is -1.02. The molecule has 116 valence electrons. The van der Waals surface area contributed by atoms with Crippen molar-refractivity contribution in [3.8, 4) is 5.75 Å².